The van der Waals surface area contributed by atoms with Crippen LogP contribution in [0.4, 0.5) is 8.78 Å². The van der Waals surface area contributed by atoms with E-state index in [1.807, 2.05) is 37.3 Å². The molecule has 19 heavy (non-hydrogen) atoms. The fraction of sp³-hybridized carbons (Fsp3) is 0.250. The van der Waals surface area contributed by atoms with Gasteiger partial charge in [-0.3, -0.25) is 0 Å². The Labute approximate surface area is 112 Å². The SMILES string of the molecule is CCCNC(c1ccccc1)c1c(F)cccc1F. The molecule has 3 heteroatoms. The summed E-state index contributed by atoms with van der Waals surface area (Å²) in [7, 11) is 0. The van der Waals surface area contributed by atoms with Crippen molar-refractivity contribution in [2.45, 2.75) is 19.4 Å². The molecule has 1 unspecified atom stereocenters. The van der Waals surface area contributed by atoms with Crippen molar-refractivity contribution in [3.8, 4) is 0 Å². The molecule has 0 aliphatic heterocycles. The number of halogens is 2. The third kappa shape index (κ3) is 3.18. The van der Waals surface area contributed by atoms with Gasteiger partial charge in [-0.2, -0.15) is 0 Å². The van der Waals surface area contributed by atoms with E-state index in [4.69, 9.17) is 0 Å². The predicted octanol–water partition coefficient (Wildman–Crippen LogP) is 4.05. The summed E-state index contributed by atoms with van der Waals surface area (Å²) in [5, 5.41) is 3.20. The molecule has 0 saturated heterocycles. The van der Waals surface area contributed by atoms with Crippen molar-refractivity contribution < 1.29 is 8.78 Å². The standard InChI is InChI=1S/C16H17F2N/c1-2-11-19-16(12-7-4-3-5-8-12)15-13(17)9-6-10-14(15)18/h3-10,16,19H,2,11H2,1H3. The summed E-state index contributed by atoms with van der Waals surface area (Å²) in [6.45, 7) is 2.72. The van der Waals surface area contributed by atoms with Gasteiger partial charge >= 0.3 is 0 Å². The third-order valence-corrected chi connectivity index (χ3v) is 3.02. The molecule has 0 spiro atoms. The molecule has 1 N–H and O–H groups in total. The van der Waals surface area contributed by atoms with Crippen molar-refractivity contribution in [2.24, 2.45) is 0 Å². The Bertz CT molecular complexity index is 505. The number of hydrogen-bond acceptors (Lipinski definition) is 1. The van der Waals surface area contributed by atoms with Crippen LogP contribution in [0, 0.1) is 11.6 Å². The number of rotatable bonds is 5. The van der Waals surface area contributed by atoms with Crippen LogP contribution in [-0.2, 0) is 0 Å². The van der Waals surface area contributed by atoms with E-state index in [0.29, 0.717) is 6.54 Å². The first kappa shape index (κ1) is 13.7. The number of benzene rings is 2. The van der Waals surface area contributed by atoms with Crippen molar-refractivity contribution in [1.82, 2.24) is 5.32 Å². The van der Waals surface area contributed by atoms with Crippen LogP contribution in [0.3, 0.4) is 0 Å². The lowest BCUT2D eigenvalue weighted by molar-refractivity contribution is 0.503. The smallest absolute Gasteiger partial charge is 0.131 e. The normalized spacial score (nSPS) is 12.4. The molecule has 2 aromatic rings. The molecule has 100 valence electrons. The molecule has 0 aromatic heterocycles. The van der Waals surface area contributed by atoms with Gasteiger partial charge in [-0.15, -0.1) is 0 Å². The Balaban J connectivity index is 2.43. The Kier molecular flexibility index (Phi) is 4.63. The first-order valence-corrected chi connectivity index (χ1v) is 6.46. The molecular weight excluding hydrogens is 244 g/mol. The second-order valence-electron chi connectivity index (χ2n) is 4.43. The van der Waals surface area contributed by atoms with E-state index in [1.54, 1.807) is 0 Å². The quantitative estimate of drug-likeness (QED) is 0.856. The van der Waals surface area contributed by atoms with Crippen LogP contribution in [0.25, 0.3) is 0 Å². The zero-order valence-corrected chi connectivity index (χ0v) is 10.9. The van der Waals surface area contributed by atoms with Crippen LogP contribution in [0.2, 0.25) is 0 Å². The fourth-order valence-corrected chi connectivity index (χ4v) is 2.11. The lowest BCUT2D eigenvalue weighted by Gasteiger charge is -2.20. The van der Waals surface area contributed by atoms with Crippen molar-refractivity contribution in [2.75, 3.05) is 6.54 Å². The Morgan fingerprint density at radius 2 is 1.58 bits per heavy atom. The molecule has 0 radical (unpaired) electrons. The Hall–Kier alpha value is -1.74. The van der Waals surface area contributed by atoms with E-state index in [1.165, 1.54) is 18.2 Å². The second kappa shape index (κ2) is 6.43. The van der Waals surface area contributed by atoms with Gasteiger partial charge in [0.25, 0.3) is 0 Å². The van der Waals surface area contributed by atoms with Gasteiger partial charge in [-0.05, 0) is 30.7 Å². The molecule has 0 bridgehead atoms. The van der Waals surface area contributed by atoms with Gasteiger partial charge in [-0.1, -0.05) is 43.3 Å². The fourth-order valence-electron chi connectivity index (χ4n) is 2.11. The van der Waals surface area contributed by atoms with Gasteiger partial charge in [-0.25, -0.2) is 8.78 Å². The van der Waals surface area contributed by atoms with Crippen molar-refractivity contribution in [3.05, 3.63) is 71.3 Å². The number of hydrogen-bond donors (Lipinski definition) is 1. The zero-order valence-electron chi connectivity index (χ0n) is 10.9. The highest BCUT2D eigenvalue weighted by molar-refractivity contribution is 5.33. The van der Waals surface area contributed by atoms with Crippen molar-refractivity contribution >= 4 is 0 Å². The van der Waals surface area contributed by atoms with Crippen LogP contribution in [0.15, 0.2) is 48.5 Å². The largest absolute Gasteiger partial charge is 0.306 e. The predicted molar refractivity (Wildman–Crippen MR) is 72.9 cm³/mol. The third-order valence-electron chi connectivity index (χ3n) is 3.02. The minimum Gasteiger partial charge on any atom is -0.306 e. The molecular formula is C16H17F2N. The van der Waals surface area contributed by atoms with E-state index in [2.05, 4.69) is 5.32 Å². The van der Waals surface area contributed by atoms with Gasteiger partial charge in [0.2, 0.25) is 0 Å². The van der Waals surface area contributed by atoms with Gasteiger partial charge in [0.15, 0.2) is 0 Å². The monoisotopic (exact) mass is 261 g/mol. The highest BCUT2D eigenvalue weighted by atomic mass is 19.1. The molecule has 1 nitrogen and oxygen atoms in total. The van der Waals surface area contributed by atoms with Crippen molar-refractivity contribution in [1.29, 1.82) is 0 Å². The molecule has 0 aliphatic carbocycles. The number of nitrogens with one attached hydrogen (secondary N) is 1. The molecule has 0 heterocycles. The summed E-state index contributed by atoms with van der Waals surface area (Å²) < 4.78 is 27.9. The van der Waals surface area contributed by atoms with E-state index in [-0.39, 0.29) is 5.56 Å². The maximum Gasteiger partial charge on any atom is 0.131 e. The first-order valence-electron chi connectivity index (χ1n) is 6.46. The van der Waals surface area contributed by atoms with E-state index in [9.17, 15) is 8.78 Å². The van der Waals surface area contributed by atoms with Crippen LogP contribution >= 0.6 is 0 Å². The van der Waals surface area contributed by atoms with Crippen LogP contribution in [0.5, 0.6) is 0 Å². The highest BCUT2D eigenvalue weighted by Gasteiger charge is 2.20. The highest BCUT2D eigenvalue weighted by Crippen LogP contribution is 2.26. The zero-order chi connectivity index (χ0) is 13.7. The summed E-state index contributed by atoms with van der Waals surface area (Å²) in [4.78, 5) is 0. The maximum absolute atomic E-state index is 13.9. The van der Waals surface area contributed by atoms with Gasteiger partial charge in [0.1, 0.15) is 11.6 Å². The minimum atomic E-state index is -0.516. The molecule has 2 aromatic carbocycles. The van der Waals surface area contributed by atoms with Crippen molar-refractivity contribution in [3.63, 3.8) is 0 Å². The summed E-state index contributed by atoms with van der Waals surface area (Å²) in [6.07, 6.45) is 0.902. The molecule has 0 saturated carbocycles. The average Bonchev–Trinajstić information content (AvgIpc) is 2.43. The minimum absolute atomic E-state index is 0.0853. The average molecular weight is 261 g/mol. The van der Waals surface area contributed by atoms with E-state index in [0.717, 1.165) is 12.0 Å². The van der Waals surface area contributed by atoms with Crippen LogP contribution in [0.1, 0.15) is 30.5 Å². The first-order chi connectivity index (χ1) is 9.24. The van der Waals surface area contributed by atoms with Gasteiger partial charge < -0.3 is 5.32 Å². The Morgan fingerprint density at radius 3 is 2.16 bits per heavy atom. The maximum atomic E-state index is 13.9. The lowest BCUT2D eigenvalue weighted by atomic mass is 9.97. The molecule has 2 rings (SSSR count). The van der Waals surface area contributed by atoms with Crippen LogP contribution in [-0.4, -0.2) is 6.54 Å². The Morgan fingerprint density at radius 1 is 0.947 bits per heavy atom. The lowest BCUT2D eigenvalue weighted by Crippen LogP contribution is -2.25. The molecule has 0 fully saturated rings. The molecule has 0 amide bonds. The van der Waals surface area contributed by atoms with E-state index >= 15 is 0 Å². The second-order valence-corrected chi connectivity index (χ2v) is 4.43. The molecule has 0 aliphatic rings. The molecule has 1 atom stereocenters. The summed E-state index contributed by atoms with van der Waals surface area (Å²) in [5.74, 6) is -1.03. The van der Waals surface area contributed by atoms with E-state index < -0.39 is 17.7 Å². The topological polar surface area (TPSA) is 12.0 Å². The van der Waals surface area contributed by atoms with Crippen LogP contribution < -0.4 is 5.32 Å². The summed E-state index contributed by atoms with van der Waals surface area (Å²) >= 11 is 0. The summed E-state index contributed by atoms with van der Waals surface area (Å²) in [6, 6.07) is 12.9. The summed E-state index contributed by atoms with van der Waals surface area (Å²) in [5.41, 5.74) is 0.946. The van der Waals surface area contributed by atoms with Gasteiger partial charge in [0.05, 0.1) is 6.04 Å². The van der Waals surface area contributed by atoms with Gasteiger partial charge in [0, 0.05) is 5.56 Å².